The molecule has 0 atom stereocenters. The Morgan fingerprint density at radius 1 is 1.41 bits per heavy atom. The number of ether oxygens (including phenoxy) is 2. The average Bonchev–Trinajstić information content (AvgIpc) is 2.39. The summed E-state index contributed by atoms with van der Waals surface area (Å²) in [4.78, 5) is 4.32. The van der Waals surface area contributed by atoms with Crippen LogP contribution in [0.3, 0.4) is 0 Å². The molecule has 94 valence electrons. The van der Waals surface area contributed by atoms with Gasteiger partial charge in [0.1, 0.15) is 6.10 Å². The van der Waals surface area contributed by atoms with Gasteiger partial charge in [-0.3, -0.25) is 0 Å². The molecule has 0 aromatic carbocycles. The van der Waals surface area contributed by atoms with Crippen molar-refractivity contribution in [3.63, 3.8) is 0 Å². The van der Waals surface area contributed by atoms with Gasteiger partial charge in [-0.05, 0) is 12.1 Å². The second-order valence-corrected chi connectivity index (χ2v) is 4.21. The first-order chi connectivity index (χ1) is 8.38. The summed E-state index contributed by atoms with van der Waals surface area (Å²) >= 11 is 0. The summed E-state index contributed by atoms with van der Waals surface area (Å²) in [6, 6.07) is 4.01. The van der Waals surface area contributed by atoms with Gasteiger partial charge in [0, 0.05) is 31.6 Å². The van der Waals surface area contributed by atoms with Gasteiger partial charge in [-0.25, -0.2) is 4.98 Å². The van der Waals surface area contributed by atoms with Crippen LogP contribution in [-0.2, 0) is 11.3 Å². The molecule has 0 aliphatic carbocycles. The first kappa shape index (κ1) is 12.3. The minimum absolute atomic E-state index is 0.260. The third kappa shape index (κ3) is 3.98. The second kappa shape index (κ2) is 6.57. The minimum Gasteiger partial charge on any atom is -0.474 e. The van der Waals surface area contributed by atoms with Gasteiger partial charge < -0.3 is 14.8 Å². The third-order valence-electron chi connectivity index (χ3n) is 2.83. The number of hydrogen-bond donors (Lipinski definition) is 1. The van der Waals surface area contributed by atoms with Crippen LogP contribution in [0.2, 0.25) is 0 Å². The fourth-order valence-electron chi connectivity index (χ4n) is 1.82. The van der Waals surface area contributed by atoms with Crippen LogP contribution < -0.4 is 10.1 Å². The van der Waals surface area contributed by atoms with Crippen molar-refractivity contribution in [1.82, 2.24) is 10.3 Å². The quantitative estimate of drug-likeness (QED) is 0.846. The van der Waals surface area contributed by atoms with Crippen molar-refractivity contribution >= 4 is 0 Å². The van der Waals surface area contributed by atoms with Crippen molar-refractivity contribution in [3.8, 4) is 5.88 Å². The monoisotopic (exact) mass is 236 g/mol. The van der Waals surface area contributed by atoms with Crippen molar-refractivity contribution < 1.29 is 9.47 Å². The molecular weight excluding hydrogens is 216 g/mol. The largest absolute Gasteiger partial charge is 0.474 e. The molecule has 1 N–H and O–H groups in total. The predicted octanol–water partition coefficient (Wildman–Crippen LogP) is 1.75. The lowest BCUT2D eigenvalue weighted by Gasteiger charge is -2.22. The molecule has 17 heavy (non-hydrogen) atoms. The standard InChI is InChI=1S/C13H20N2O2/c1-2-14-9-11-3-4-13(15-10-11)17-12-5-7-16-8-6-12/h3-4,10,12,14H,2,5-9H2,1H3. The number of hydrogen-bond acceptors (Lipinski definition) is 4. The summed E-state index contributed by atoms with van der Waals surface area (Å²) < 4.78 is 11.1. The van der Waals surface area contributed by atoms with Crippen LogP contribution in [-0.4, -0.2) is 30.8 Å². The van der Waals surface area contributed by atoms with E-state index in [-0.39, 0.29) is 6.10 Å². The van der Waals surface area contributed by atoms with Crippen LogP contribution in [0.15, 0.2) is 18.3 Å². The molecule has 1 aromatic rings. The van der Waals surface area contributed by atoms with E-state index in [4.69, 9.17) is 9.47 Å². The summed E-state index contributed by atoms with van der Waals surface area (Å²) in [7, 11) is 0. The van der Waals surface area contributed by atoms with E-state index in [0.717, 1.165) is 45.0 Å². The summed E-state index contributed by atoms with van der Waals surface area (Å²) in [5, 5.41) is 3.27. The molecule has 1 fully saturated rings. The first-order valence-electron chi connectivity index (χ1n) is 6.28. The number of nitrogens with zero attached hydrogens (tertiary/aromatic N) is 1. The zero-order valence-electron chi connectivity index (χ0n) is 10.3. The Labute approximate surface area is 102 Å². The minimum atomic E-state index is 0.260. The van der Waals surface area contributed by atoms with E-state index in [1.54, 1.807) is 0 Å². The molecule has 0 unspecified atom stereocenters. The number of pyridine rings is 1. The maximum absolute atomic E-state index is 5.80. The lowest BCUT2D eigenvalue weighted by atomic mass is 10.1. The molecule has 0 spiro atoms. The number of rotatable bonds is 5. The maximum atomic E-state index is 5.80. The second-order valence-electron chi connectivity index (χ2n) is 4.21. The molecule has 0 bridgehead atoms. The lowest BCUT2D eigenvalue weighted by molar-refractivity contribution is 0.0237. The van der Waals surface area contributed by atoms with E-state index in [9.17, 15) is 0 Å². The molecule has 2 rings (SSSR count). The molecule has 0 amide bonds. The highest BCUT2D eigenvalue weighted by molar-refractivity contribution is 5.17. The molecule has 2 heterocycles. The topological polar surface area (TPSA) is 43.4 Å². The first-order valence-corrected chi connectivity index (χ1v) is 6.28. The van der Waals surface area contributed by atoms with Crippen LogP contribution in [0.25, 0.3) is 0 Å². The molecule has 0 saturated carbocycles. The van der Waals surface area contributed by atoms with Crippen LogP contribution >= 0.6 is 0 Å². The zero-order valence-corrected chi connectivity index (χ0v) is 10.3. The SMILES string of the molecule is CCNCc1ccc(OC2CCOCC2)nc1. The molecule has 4 nitrogen and oxygen atoms in total. The normalized spacial score (nSPS) is 17.0. The van der Waals surface area contributed by atoms with E-state index in [1.807, 2.05) is 12.3 Å². The van der Waals surface area contributed by atoms with E-state index < -0.39 is 0 Å². The highest BCUT2D eigenvalue weighted by Crippen LogP contribution is 2.15. The Morgan fingerprint density at radius 2 is 2.24 bits per heavy atom. The Bertz CT molecular complexity index is 321. The fraction of sp³-hybridized carbons (Fsp3) is 0.615. The highest BCUT2D eigenvalue weighted by Gasteiger charge is 2.15. The molecule has 1 aliphatic heterocycles. The molecule has 0 radical (unpaired) electrons. The molecule has 1 aliphatic rings. The van der Waals surface area contributed by atoms with Crippen LogP contribution in [0.1, 0.15) is 25.3 Å². The van der Waals surface area contributed by atoms with Crippen LogP contribution in [0.5, 0.6) is 5.88 Å². The molecule has 1 aromatic heterocycles. The van der Waals surface area contributed by atoms with E-state index in [0.29, 0.717) is 0 Å². The Balaban J connectivity index is 1.84. The van der Waals surface area contributed by atoms with Gasteiger partial charge >= 0.3 is 0 Å². The van der Waals surface area contributed by atoms with Crippen molar-refractivity contribution in [1.29, 1.82) is 0 Å². The summed E-state index contributed by atoms with van der Waals surface area (Å²) in [5.74, 6) is 0.720. The van der Waals surface area contributed by atoms with Gasteiger partial charge in [0.25, 0.3) is 0 Å². The summed E-state index contributed by atoms with van der Waals surface area (Å²) in [5.41, 5.74) is 1.19. The van der Waals surface area contributed by atoms with Crippen LogP contribution in [0.4, 0.5) is 0 Å². The van der Waals surface area contributed by atoms with Crippen molar-refractivity contribution in [2.75, 3.05) is 19.8 Å². The van der Waals surface area contributed by atoms with Gasteiger partial charge in [0.15, 0.2) is 0 Å². The fourth-order valence-corrected chi connectivity index (χ4v) is 1.82. The Kier molecular flexibility index (Phi) is 4.76. The maximum Gasteiger partial charge on any atom is 0.213 e. The number of aromatic nitrogens is 1. The van der Waals surface area contributed by atoms with Gasteiger partial charge in [-0.1, -0.05) is 13.0 Å². The highest BCUT2D eigenvalue weighted by atomic mass is 16.5. The Hall–Kier alpha value is -1.13. The molecule has 4 heteroatoms. The van der Waals surface area contributed by atoms with Crippen molar-refractivity contribution in [3.05, 3.63) is 23.9 Å². The Morgan fingerprint density at radius 3 is 2.88 bits per heavy atom. The van der Waals surface area contributed by atoms with Gasteiger partial charge in [0.05, 0.1) is 13.2 Å². The zero-order chi connectivity index (χ0) is 11.9. The lowest BCUT2D eigenvalue weighted by Crippen LogP contribution is -2.26. The van der Waals surface area contributed by atoms with Crippen molar-refractivity contribution in [2.24, 2.45) is 0 Å². The average molecular weight is 236 g/mol. The summed E-state index contributed by atoms with van der Waals surface area (Å²) in [6.07, 6.45) is 4.05. The van der Waals surface area contributed by atoms with Crippen LogP contribution in [0, 0.1) is 0 Å². The number of nitrogens with one attached hydrogen (secondary N) is 1. The molecule has 1 saturated heterocycles. The van der Waals surface area contributed by atoms with Gasteiger partial charge in [-0.15, -0.1) is 0 Å². The smallest absolute Gasteiger partial charge is 0.213 e. The van der Waals surface area contributed by atoms with Crippen molar-refractivity contribution in [2.45, 2.75) is 32.4 Å². The van der Waals surface area contributed by atoms with Gasteiger partial charge in [0.2, 0.25) is 5.88 Å². The predicted molar refractivity (Wildman–Crippen MR) is 66.1 cm³/mol. The van der Waals surface area contributed by atoms with E-state index in [1.165, 1.54) is 5.56 Å². The van der Waals surface area contributed by atoms with E-state index in [2.05, 4.69) is 23.3 Å². The molecular formula is C13H20N2O2. The summed E-state index contributed by atoms with van der Waals surface area (Å²) in [6.45, 7) is 5.52. The van der Waals surface area contributed by atoms with Gasteiger partial charge in [-0.2, -0.15) is 0 Å². The van der Waals surface area contributed by atoms with E-state index >= 15 is 0 Å². The third-order valence-corrected chi connectivity index (χ3v) is 2.83.